The van der Waals surface area contributed by atoms with E-state index in [1.165, 1.54) is 0 Å². The zero-order chi connectivity index (χ0) is 9.12. The molecule has 7 nitrogen and oxygen atoms in total. The summed E-state index contributed by atoms with van der Waals surface area (Å²) in [6.07, 6.45) is -1.75. The van der Waals surface area contributed by atoms with Crippen LogP contribution in [0.1, 0.15) is 0 Å². The topological polar surface area (TPSA) is 133 Å². The molecule has 11 heteroatoms. The van der Waals surface area contributed by atoms with E-state index in [9.17, 15) is 18.9 Å². The van der Waals surface area contributed by atoms with Gasteiger partial charge in [0, 0.05) is 0 Å². The predicted molar refractivity (Wildman–Crippen MR) is 32.5 cm³/mol. The van der Waals surface area contributed by atoms with Gasteiger partial charge in [0.1, 0.15) is 15.2 Å². The summed E-state index contributed by atoms with van der Waals surface area (Å²) >= 11 is 0. The van der Waals surface area contributed by atoms with Gasteiger partial charge in [-0.05, 0) is 0 Å². The van der Waals surface area contributed by atoms with E-state index in [0.29, 0.717) is 0 Å². The SMILES string of the molecule is O=P([O-])(O)CNCP(=O)([O-])O.[Na+].[Na+]. The van der Waals surface area contributed by atoms with Crippen LogP contribution in [0.25, 0.3) is 0 Å². The van der Waals surface area contributed by atoms with Gasteiger partial charge in [-0.2, -0.15) is 0 Å². The maximum atomic E-state index is 9.96. The van der Waals surface area contributed by atoms with Crippen molar-refractivity contribution in [2.45, 2.75) is 0 Å². The fourth-order valence-corrected chi connectivity index (χ4v) is 1.30. The van der Waals surface area contributed by atoms with E-state index < -0.39 is 27.8 Å². The van der Waals surface area contributed by atoms with Crippen LogP contribution in [0.3, 0.4) is 0 Å². The first-order chi connectivity index (χ1) is 4.71. The summed E-state index contributed by atoms with van der Waals surface area (Å²) in [6, 6.07) is 0. The average Bonchev–Trinajstić information content (AvgIpc) is 1.55. The Morgan fingerprint density at radius 1 is 1.00 bits per heavy atom. The van der Waals surface area contributed by atoms with E-state index >= 15 is 0 Å². The van der Waals surface area contributed by atoms with Crippen molar-refractivity contribution < 1.29 is 87.8 Å². The minimum Gasteiger partial charge on any atom is -0.778 e. The zero-order valence-corrected chi connectivity index (χ0v) is 13.1. The van der Waals surface area contributed by atoms with Gasteiger partial charge in [0.25, 0.3) is 0 Å². The van der Waals surface area contributed by atoms with Crippen LogP contribution in [0, 0.1) is 0 Å². The third-order valence-corrected chi connectivity index (χ3v) is 1.87. The van der Waals surface area contributed by atoms with Crippen molar-refractivity contribution in [3.8, 4) is 0 Å². The van der Waals surface area contributed by atoms with E-state index in [-0.39, 0.29) is 59.1 Å². The molecule has 0 radical (unpaired) electrons. The number of hydrogen-bond acceptors (Lipinski definition) is 5. The van der Waals surface area contributed by atoms with Crippen LogP contribution in [-0.2, 0) is 9.13 Å². The first-order valence-electron chi connectivity index (χ1n) is 2.47. The van der Waals surface area contributed by atoms with E-state index in [1.54, 1.807) is 0 Å². The monoisotopic (exact) mass is 249 g/mol. The normalized spacial score (nSPS) is 18.8. The molecule has 0 aromatic rings. The molecule has 0 amide bonds. The molecule has 0 aromatic carbocycles. The summed E-state index contributed by atoms with van der Waals surface area (Å²) in [6.45, 7) is 0. The molecule has 0 fully saturated rings. The quantitative estimate of drug-likeness (QED) is 0.333. The standard InChI is InChI=1S/C2H9NO6P2.2Na/c4-10(5,6)1-3-2-11(7,8)9;;/h3H,1-2H2,(H2,4,5,6)(H2,7,8,9);;/q;2*+1/p-2. The van der Waals surface area contributed by atoms with Crippen molar-refractivity contribution in [1.82, 2.24) is 5.32 Å². The molecule has 0 rings (SSSR count). The van der Waals surface area contributed by atoms with Gasteiger partial charge in [-0.25, -0.2) is 0 Å². The van der Waals surface area contributed by atoms with Gasteiger partial charge in [-0.15, -0.1) is 0 Å². The van der Waals surface area contributed by atoms with Gasteiger partial charge >= 0.3 is 59.1 Å². The maximum absolute atomic E-state index is 9.96. The average molecular weight is 249 g/mol. The van der Waals surface area contributed by atoms with Crippen LogP contribution in [0.4, 0.5) is 0 Å². The van der Waals surface area contributed by atoms with Gasteiger partial charge in [-0.1, -0.05) is 0 Å². The van der Waals surface area contributed by atoms with E-state index in [4.69, 9.17) is 9.79 Å². The number of hydrogen-bond donors (Lipinski definition) is 3. The maximum Gasteiger partial charge on any atom is 1.00 e. The molecule has 0 bridgehead atoms. The zero-order valence-electron chi connectivity index (χ0n) is 7.34. The Balaban J connectivity index is -0.000000500. The van der Waals surface area contributed by atoms with E-state index in [0.717, 1.165) is 0 Å². The molecule has 0 heterocycles. The van der Waals surface area contributed by atoms with Crippen molar-refractivity contribution in [2.75, 3.05) is 12.6 Å². The molecule has 2 unspecified atom stereocenters. The molecule has 0 aliphatic heterocycles. The van der Waals surface area contributed by atoms with Gasteiger partial charge in [0.05, 0.1) is 12.6 Å². The summed E-state index contributed by atoms with van der Waals surface area (Å²) in [5.41, 5.74) is 0. The molecular weight excluding hydrogens is 242 g/mol. The third kappa shape index (κ3) is 20.4. The van der Waals surface area contributed by atoms with Crippen molar-refractivity contribution >= 4 is 15.2 Å². The molecule has 68 valence electrons. The van der Waals surface area contributed by atoms with Crippen LogP contribution in [-0.4, -0.2) is 22.4 Å². The third-order valence-electron chi connectivity index (χ3n) is 0.623. The fraction of sp³-hybridized carbons (Fsp3) is 1.00. The van der Waals surface area contributed by atoms with Crippen LogP contribution < -0.4 is 74.2 Å². The van der Waals surface area contributed by atoms with Crippen molar-refractivity contribution in [3.63, 3.8) is 0 Å². The Kier molecular flexibility index (Phi) is 13.4. The molecular formula is C2H7NNa2O6P2. The van der Waals surface area contributed by atoms with Crippen LogP contribution >= 0.6 is 15.2 Å². The number of nitrogens with one attached hydrogen (secondary N) is 1. The minimum atomic E-state index is -4.48. The molecule has 0 aliphatic rings. The Hall–Kier alpha value is 2.26. The Labute approximate surface area is 120 Å². The minimum absolute atomic E-state index is 0. The Bertz CT molecular complexity index is 189. The molecule has 0 spiro atoms. The summed E-state index contributed by atoms with van der Waals surface area (Å²) in [5, 5.41) is 1.81. The molecule has 3 N–H and O–H groups in total. The van der Waals surface area contributed by atoms with Gasteiger partial charge in [-0.3, -0.25) is 0 Å². The molecule has 0 aliphatic carbocycles. The second-order valence-corrected chi connectivity index (χ2v) is 5.02. The van der Waals surface area contributed by atoms with Gasteiger partial charge in [0.2, 0.25) is 0 Å². The molecule has 0 saturated carbocycles. The van der Waals surface area contributed by atoms with Crippen LogP contribution in [0.5, 0.6) is 0 Å². The van der Waals surface area contributed by atoms with Gasteiger partial charge < -0.3 is 34.0 Å². The first kappa shape index (κ1) is 20.6. The summed E-state index contributed by atoms with van der Waals surface area (Å²) in [5.74, 6) is 0. The second kappa shape index (κ2) is 8.42. The van der Waals surface area contributed by atoms with Crippen LogP contribution in [0.2, 0.25) is 0 Å². The second-order valence-electron chi connectivity index (χ2n) is 1.84. The van der Waals surface area contributed by atoms with Crippen molar-refractivity contribution in [3.05, 3.63) is 0 Å². The molecule has 13 heavy (non-hydrogen) atoms. The van der Waals surface area contributed by atoms with E-state index in [1.807, 2.05) is 5.32 Å². The van der Waals surface area contributed by atoms with Gasteiger partial charge in [0.15, 0.2) is 0 Å². The van der Waals surface area contributed by atoms with Crippen molar-refractivity contribution in [1.29, 1.82) is 0 Å². The Morgan fingerprint density at radius 3 is 1.38 bits per heavy atom. The smallest absolute Gasteiger partial charge is 0.778 e. The summed E-state index contributed by atoms with van der Waals surface area (Å²) < 4.78 is 19.9. The molecule has 2 atom stereocenters. The molecule has 0 saturated heterocycles. The largest absolute Gasteiger partial charge is 1.00 e. The predicted octanol–water partition coefficient (Wildman–Crippen LogP) is -8.41. The number of rotatable bonds is 4. The molecule has 0 aromatic heterocycles. The van der Waals surface area contributed by atoms with E-state index in [2.05, 4.69) is 0 Å². The first-order valence-corrected chi connectivity index (χ1v) is 6.00. The van der Waals surface area contributed by atoms with Crippen molar-refractivity contribution in [2.24, 2.45) is 0 Å². The summed E-state index contributed by atoms with van der Waals surface area (Å²) in [4.78, 5) is 36.1. The fourth-order valence-electron chi connectivity index (χ4n) is 0.333. The van der Waals surface area contributed by atoms with Crippen LogP contribution in [0.15, 0.2) is 0 Å². The summed E-state index contributed by atoms with van der Waals surface area (Å²) in [7, 11) is -8.97. The Morgan fingerprint density at radius 2 is 1.23 bits per heavy atom.